The first-order valence-corrected chi connectivity index (χ1v) is 10.7. The fraction of sp³-hybridized carbons (Fsp3) is 0.385. The predicted octanol–water partition coefficient (Wildman–Crippen LogP) is 6.20. The van der Waals surface area contributed by atoms with Gasteiger partial charge in [-0.05, 0) is 60.5 Å². The van der Waals surface area contributed by atoms with E-state index in [1.54, 1.807) is 0 Å². The van der Waals surface area contributed by atoms with Gasteiger partial charge in [-0.1, -0.05) is 67.1 Å². The van der Waals surface area contributed by atoms with Gasteiger partial charge in [0.25, 0.3) is 0 Å². The van der Waals surface area contributed by atoms with Gasteiger partial charge in [0, 0.05) is 18.3 Å². The Labute approximate surface area is 167 Å². The summed E-state index contributed by atoms with van der Waals surface area (Å²) in [7, 11) is 0. The van der Waals surface area contributed by atoms with Crippen molar-refractivity contribution in [2.45, 2.75) is 56.7 Å². The number of fused-ring (bicyclic) bond motifs is 1. The van der Waals surface area contributed by atoms with Gasteiger partial charge in [0.05, 0.1) is 0 Å². The number of aliphatic hydroxyl groups is 1. The molecule has 5 rings (SSSR count). The van der Waals surface area contributed by atoms with Crippen LogP contribution >= 0.6 is 0 Å². The lowest BCUT2D eigenvalue weighted by Crippen LogP contribution is -2.49. The van der Waals surface area contributed by atoms with E-state index in [2.05, 4.69) is 60.7 Å². The molecule has 2 heteroatoms. The normalized spacial score (nSPS) is 31.1. The molecule has 1 N–H and O–H groups in total. The molecule has 0 radical (unpaired) electrons. The molecule has 0 saturated heterocycles. The molecule has 1 fully saturated rings. The molecule has 1 heterocycles. The number of hydrogen-bond donors (Lipinski definition) is 1. The molecule has 2 aliphatic carbocycles. The topological polar surface area (TPSA) is 29.5 Å². The fourth-order valence-corrected chi connectivity index (χ4v) is 5.44. The molecule has 0 aromatic heterocycles. The fourth-order valence-electron chi connectivity index (χ4n) is 5.44. The van der Waals surface area contributed by atoms with Crippen LogP contribution in [0.15, 0.2) is 77.6 Å². The van der Waals surface area contributed by atoms with Crippen molar-refractivity contribution in [1.29, 1.82) is 0 Å². The predicted molar refractivity (Wildman–Crippen MR) is 112 cm³/mol. The summed E-state index contributed by atoms with van der Waals surface area (Å²) < 4.78 is 6.49. The summed E-state index contributed by atoms with van der Waals surface area (Å²) in [6, 6.07) is 21.2. The third-order valence-electron chi connectivity index (χ3n) is 6.71. The van der Waals surface area contributed by atoms with Gasteiger partial charge in [-0.2, -0.15) is 0 Å². The van der Waals surface area contributed by atoms with Gasteiger partial charge in [0.15, 0.2) is 0 Å². The zero-order valence-electron chi connectivity index (χ0n) is 16.3. The SMILES string of the molecule is OC12CCCCC1C(c1ccccc1)C1=C(O2)C(=Cc2ccccc2)CCC1. The molecule has 1 saturated carbocycles. The Morgan fingerprint density at radius 1 is 0.893 bits per heavy atom. The Balaban J connectivity index is 1.65. The average molecular weight is 373 g/mol. The highest BCUT2D eigenvalue weighted by molar-refractivity contribution is 5.60. The third kappa shape index (κ3) is 3.10. The van der Waals surface area contributed by atoms with Crippen molar-refractivity contribution in [3.8, 4) is 0 Å². The molecular formula is C26H28O2. The summed E-state index contributed by atoms with van der Waals surface area (Å²) in [4.78, 5) is 0. The molecule has 0 spiro atoms. The summed E-state index contributed by atoms with van der Waals surface area (Å²) in [6.45, 7) is 0. The maximum absolute atomic E-state index is 11.6. The minimum atomic E-state index is -1.04. The lowest BCUT2D eigenvalue weighted by molar-refractivity contribution is -0.241. The van der Waals surface area contributed by atoms with E-state index in [-0.39, 0.29) is 11.8 Å². The maximum atomic E-state index is 11.6. The van der Waals surface area contributed by atoms with Crippen molar-refractivity contribution in [3.05, 3.63) is 88.7 Å². The second-order valence-corrected chi connectivity index (χ2v) is 8.48. The van der Waals surface area contributed by atoms with Gasteiger partial charge in [-0.25, -0.2) is 0 Å². The van der Waals surface area contributed by atoms with Crippen molar-refractivity contribution >= 4 is 6.08 Å². The van der Waals surface area contributed by atoms with Gasteiger partial charge < -0.3 is 9.84 Å². The number of benzene rings is 2. The van der Waals surface area contributed by atoms with Crippen LogP contribution in [0.5, 0.6) is 0 Å². The first-order chi connectivity index (χ1) is 13.7. The zero-order chi connectivity index (χ0) is 19.0. The Morgan fingerprint density at radius 2 is 1.64 bits per heavy atom. The number of ether oxygens (including phenoxy) is 1. The maximum Gasteiger partial charge on any atom is 0.211 e. The zero-order valence-corrected chi connectivity index (χ0v) is 16.3. The number of rotatable bonds is 2. The van der Waals surface area contributed by atoms with Crippen molar-refractivity contribution in [3.63, 3.8) is 0 Å². The molecule has 3 unspecified atom stereocenters. The smallest absolute Gasteiger partial charge is 0.211 e. The Morgan fingerprint density at radius 3 is 2.43 bits per heavy atom. The Hall–Kier alpha value is -2.32. The van der Waals surface area contributed by atoms with E-state index in [0.717, 1.165) is 44.3 Å². The van der Waals surface area contributed by atoms with Crippen LogP contribution in [0.4, 0.5) is 0 Å². The first kappa shape index (κ1) is 17.8. The summed E-state index contributed by atoms with van der Waals surface area (Å²) in [5, 5.41) is 11.6. The molecule has 2 aromatic rings. The van der Waals surface area contributed by atoms with E-state index >= 15 is 0 Å². The second kappa shape index (κ2) is 7.25. The van der Waals surface area contributed by atoms with E-state index in [4.69, 9.17) is 4.74 Å². The molecule has 2 aromatic carbocycles. The van der Waals surface area contributed by atoms with Gasteiger partial charge in [-0.15, -0.1) is 0 Å². The first-order valence-electron chi connectivity index (χ1n) is 10.7. The highest BCUT2D eigenvalue weighted by atomic mass is 16.6. The van der Waals surface area contributed by atoms with Crippen LogP contribution in [0.2, 0.25) is 0 Å². The monoisotopic (exact) mass is 372 g/mol. The van der Waals surface area contributed by atoms with Crippen LogP contribution in [0, 0.1) is 5.92 Å². The van der Waals surface area contributed by atoms with Crippen LogP contribution in [0.1, 0.15) is 62.0 Å². The molecule has 1 aliphatic heterocycles. The molecular weight excluding hydrogens is 344 g/mol. The summed E-state index contributed by atoms with van der Waals surface area (Å²) in [6.07, 6.45) is 9.45. The van der Waals surface area contributed by atoms with Gasteiger partial charge in [0.2, 0.25) is 5.79 Å². The Bertz CT molecular complexity index is 897. The quantitative estimate of drug-likeness (QED) is 0.680. The van der Waals surface area contributed by atoms with E-state index in [1.165, 1.54) is 28.7 Å². The lowest BCUT2D eigenvalue weighted by Gasteiger charge is -2.50. The summed E-state index contributed by atoms with van der Waals surface area (Å²) in [5.74, 6) is 0.350. The largest absolute Gasteiger partial charge is 0.462 e. The number of allylic oxidation sites excluding steroid dienone is 2. The Kier molecular flexibility index (Phi) is 4.60. The van der Waals surface area contributed by atoms with E-state index < -0.39 is 5.79 Å². The van der Waals surface area contributed by atoms with E-state index in [0.29, 0.717) is 0 Å². The van der Waals surface area contributed by atoms with Crippen LogP contribution in [0.25, 0.3) is 6.08 Å². The molecule has 144 valence electrons. The summed E-state index contributed by atoms with van der Waals surface area (Å²) >= 11 is 0. The van der Waals surface area contributed by atoms with Crippen LogP contribution in [-0.2, 0) is 4.74 Å². The van der Waals surface area contributed by atoms with Crippen molar-refractivity contribution < 1.29 is 9.84 Å². The van der Waals surface area contributed by atoms with Gasteiger partial charge in [0.1, 0.15) is 5.76 Å². The standard InChI is InChI=1S/C26H28O2/c27-26-17-8-7-16-23(26)24(20-12-5-2-6-13-20)22-15-9-14-21(25(22)28-26)18-19-10-3-1-4-11-19/h1-6,10-13,18,23-24,27H,7-9,14-17H2. The lowest BCUT2D eigenvalue weighted by atomic mass is 9.66. The molecule has 2 nitrogen and oxygen atoms in total. The second-order valence-electron chi connectivity index (χ2n) is 8.48. The molecule has 3 aliphatic rings. The number of hydrogen-bond acceptors (Lipinski definition) is 2. The average Bonchev–Trinajstić information content (AvgIpc) is 2.73. The van der Waals surface area contributed by atoms with Crippen LogP contribution in [-0.4, -0.2) is 10.9 Å². The molecule has 0 bridgehead atoms. The van der Waals surface area contributed by atoms with Gasteiger partial charge >= 0.3 is 0 Å². The summed E-state index contributed by atoms with van der Waals surface area (Å²) in [5.41, 5.74) is 5.16. The molecule has 28 heavy (non-hydrogen) atoms. The van der Waals surface area contributed by atoms with Crippen molar-refractivity contribution in [1.82, 2.24) is 0 Å². The molecule has 0 amide bonds. The van der Waals surface area contributed by atoms with Crippen LogP contribution in [0.3, 0.4) is 0 Å². The minimum absolute atomic E-state index is 0.151. The molecule has 3 atom stereocenters. The highest BCUT2D eigenvalue weighted by Crippen LogP contribution is 2.55. The van der Waals surface area contributed by atoms with E-state index in [9.17, 15) is 5.11 Å². The van der Waals surface area contributed by atoms with E-state index in [1.807, 2.05) is 6.07 Å². The highest BCUT2D eigenvalue weighted by Gasteiger charge is 2.51. The minimum Gasteiger partial charge on any atom is -0.462 e. The van der Waals surface area contributed by atoms with Crippen molar-refractivity contribution in [2.24, 2.45) is 5.92 Å². The van der Waals surface area contributed by atoms with Gasteiger partial charge in [-0.3, -0.25) is 0 Å². The third-order valence-corrected chi connectivity index (χ3v) is 6.71. The van der Waals surface area contributed by atoms with Crippen LogP contribution < -0.4 is 0 Å². The van der Waals surface area contributed by atoms with Crippen molar-refractivity contribution in [2.75, 3.05) is 0 Å².